The summed E-state index contributed by atoms with van der Waals surface area (Å²) in [5.41, 5.74) is 0.672. The lowest BCUT2D eigenvalue weighted by molar-refractivity contribution is 0.331. The molecule has 0 fully saturated rings. The van der Waals surface area contributed by atoms with E-state index in [9.17, 15) is 0 Å². The summed E-state index contributed by atoms with van der Waals surface area (Å²) in [6, 6.07) is 3.68. The number of ether oxygens (including phenoxy) is 1. The average Bonchev–Trinajstić information content (AvgIpc) is 2.45. The summed E-state index contributed by atoms with van der Waals surface area (Å²) >= 11 is 5.95. The first-order chi connectivity index (χ1) is 9.31. The van der Waals surface area contributed by atoms with Crippen molar-refractivity contribution in [2.75, 3.05) is 30.8 Å². The third-order valence-corrected chi connectivity index (χ3v) is 2.64. The molecular formula is C12H14ClN5O. The minimum absolute atomic E-state index is 0.383. The van der Waals surface area contributed by atoms with Gasteiger partial charge in [0.25, 0.3) is 0 Å². The number of rotatable bonds is 6. The van der Waals surface area contributed by atoms with Gasteiger partial charge in [-0.3, -0.25) is 4.98 Å². The predicted molar refractivity (Wildman–Crippen MR) is 74.8 cm³/mol. The standard InChI is InChI=1S/C12H14ClN5O/c1-14-10-11(13)17-8-18-12(10)16-5-6-19-9-3-2-4-15-7-9/h2-4,7-8,14H,5-6H2,1H3,(H,16,17,18). The smallest absolute Gasteiger partial charge is 0.157 e. The lowest BCUT2D eigenvalue weighted by Gasteiger charge is -2.11. The number of anilines is 2. The number of aromatic nitrogens is 3. The summed E-state index contributed by atoms with van der Waals surface area (Å²) in [7, 11) is 1.77. The third kappa shape index (κ3) is 3.69. The number of hydrogen-bond donors (Lipinski definition) is 2. The van der Waals surface area contributed by atoms with Crippen LogP contribution in [0, 0.1) is 0 Å². The summed E-state index contributed by atoms with van der Waals surface area (Å²) < 4.78 is 5.51. The van der Waals surface area contributed by atoms with Gasteiger partial charge < -0.3 is 15.4 Å². The molecule has 0 bridgehead atoms. The van der Waals surface area contributed by atoms with Gasteiger partial charge in [-0.25, -0.2) is 9.97 Å². The fourth-order valence-corrected chi connectivity index (χ4v) is 1.72. The molecule has 0 atom stereocenters. The zero-order valence-corrected chi connectivity index (χ0v) is 11.2. The van der Waals surface area contributed by atoms with E-state index < -0.39 is 0 Å². The SMILES string of the molecule is CNc1c(Cl)ncnc1NCCOc1cccnc1. The van der Waals surface area contributed by atoms with E-state index in [1.54, 1.807) is 19.4 Å². The van der Waals surface area contributed by atoms with Crippen LogP contribution in [-0.4, -0.2) is 35.2 Å². The second-order valence-corrected chi connectivity index (χ2v) is 3.96. The molecule has 0 aliphatic carbocycles. The van der Waals surface area contributed by atoms with Crippen molar-refractivity contribution < 1.29 is 4.74 Å². The molecule has 0 saturated heterocycles. The highest BCUT2D eigenvalue weighted by Gasteiger charge is 2.07. The number of pyridine rings is 1. The van der Waals surface area contributed by atoms with Crippen LogP contribution in [0.4, 0.5) is 11.5 Å². The second kappa shape index (κ2) is 6.75. The van der Waals surface area contributed by atoms with Crippen LogP contribution < -0.4 is 15.4 Å². The number of hydrogen-bond acceptors (Lipinski definition) is 6. The maximum atomic E-state index is 5.95. The fraction of sp³-hybridized carbons (Fsp3) is 0.250. The lowest BCUT2D eigenvalue weighted by atomic mass is 10.4. The summed E-state index contributed by atoms with van der Waals surface area (Å²) in [5, 5.41) is 6.47. The molecule has 0 radical (unpaired) electrons. The number of halogens is 1. The molecule has 0 spiro atoms. The van der Waals surface area contributed by atoms with Gasteiger partial charge in [-0.2, -0.15) is 0 Å². The largest absolute Gasteiger partial charge is 0.490 e. The van der Waals surface area contributed by atoms with Crippen molar-refractivity contribution in [1.82, 2.24) is 15.0 Å². The Bertz CT molecular complexity index is 523. The van der Waals surface area contributed by atoms with Crippen LogP contribution >= 0.6 is 11.6 Å². The Labute approximate surface area is 116 Å². The summed E-state index contributed by atoms with van der Waals surface area (Å²) in [6.07, 6.45) is 4.78. The second-order valence-electron chi connectivity index (χ2n) is 3.60. The molecule has 0 saturated carbocycles. The van der Waals surface area contributed by atoms with E-state index >= 15 is 0 Å². The van der Waals surface area contributed by atoms with Crippen molar-refractivity contribution in [1.29, 1.82) is 0 Å². The van der Waals surface area contributed by atoms with Crippen molar-refractivity contribution in [3.63, 3.8) is 0 Å². The third-order valence-electron chi connectivity index (χ3n) is 2.35. The first kappa shape index (κ1) is 13.4. The number of nitrogens with one attached hydrogen (secondary N) is 2. The highest BCUT2D eigenvalue weighted by molar-refractivity contribution is 6.32. The van der Waals surface area contributed by atoms with Gasteiger partial charge in [0.1, 0.15) is 24.4 Å². The predicted octanol–water partition coefficient (Wildman–Crippen LogP) is 2.06. The van der Waals surface area contributed by atoms with Crippen LogP contribution in [0.1, 0.15) is 0 Å². The topological polar surface area (TPSA) is 72.0 Å². The van der Waals surface area contributed by atoms with Gasteiger partial charge in [-0.05, 0) is 12.1 Å². The molecular weight excluding hydrogens is 266 g/mol. The molecule has 2 heterocycles. The van der Waals surface area contributed by atoms with Gasteiger partial charge in [0.05, 0.1) is 12.7 Å². The van der Waals surface area contributed by atoms with E-state index in [1.807, 2.05) is 12.1 Å². The molecule has 2 N–H and O–H groups in total. The van der Waals surface area contributed by atoms with Crippen molar-refractivity contribution in [2.45, 2.75) is 0 Å². The van der Waals surface area contributed by atoms with Crippen LogP contribution in [0.3, 0.4) is 0 Å². The normalized spacial score (nSPS) is 10.0. The molecule has 0 aliphatic rings. The molecule has 0 amide bonds. The zero-order chi connectivity index (χ0) is 13.5. The van der Waals surface area contributed by atoms with E-state index in [0.717, 1.165) is 5.75 Å². The maximum absolute atomic E-state index is 5.95. The van der Waals surface area contributed by atoms with E-state index in [4.69, 9.17) is 16.3 Å². The molecule has 0 unspecified atom stereocenters. The van der Waals surface area contributed by atoms with E-state index in [-0.39, 0.29) is 0 Å². The molecule has 7 heteroatoms. The van der Waals surface area contributed by atoms with E-state index in [1.165, 1.54) is 6.33 Å². The van der Waals surface area contributed by atoms with Gasteiger partial charge in [0, 0.05) is 13.2 Å². The summed E-state index contributed by atoms with van der Waals surface area (Å²) in [5.74, 6) is 1.39. The maximum Gasteiger partial charge on any atom is 0.157 e. The van der Waals surface area contributed by atoms with Crippen LogP contribution in [0.25, 0.3) is 0 Å². The van der Waals surface area contributed by atoms with Crippen LogP contribution in [0.2, 0.25) is 5.15 Å². The lowest BCUT2D eigenvalue weighted by Crippen LogP contribution is -2.14. The first-order valence-electron chi connectivity index (χ1n) is 5.76. The van der Waals surface area contributed by atoms with E-state index in [0.29, 0.717) is 29.8 Å². The quantitative estimate of drug-likeness (QED) is 0.623. The van der Waals surface area contributed by atoms with Crippen LogP contribution in [-0.2, 0) is 0 Å². The molecule has 2 rings (SSSR count). The first-order valence-corrected chi connectivity index (χ1v) is 6.14. The van der Waals surface area contributed by atoms with Crippen molar-refractivity contribution in [3.8, 4) is 5.75 Å². The van der Waals surface area contributed by atoms with Gasteiger partial charge in [0.15, 0.2) is 11.0 Å². The minimum atomic E-state index is 0.383. The highest BCUT2D eigenvalue weighted by Crippen LogP contribution is 2.24. The Morgan fingerprint density at radius 1 is 1.37 bits per heavy atom. The fourth-order valence-electron chi connectivity index (χ4n) is 1.49. The van der Waals surface area contributed by atoms with Crippen molar-refractivity contribution in [3.05, 3.63) is 36.0 Å². The summed E-state index contributed by atoms with van der Waals surface area (Å²) in [6.45, 7) is 1.09. The molecule has 19 heavy (non-hydrogen) atoms. The zero-order valence-electron chi connectivity index (χ0n) is 10.4. The molecule has 0 aliphatic heterocycles. The average molecular weight is 280 g/mol. The monoisotopic (exact) mass is 279 g/mol. The van der Waals surface area contributed by atoms with Gasteiger partial charge in [0.2, 0.25) is 0 Å². The van der Waals surface area contributed by atoms with Gasteiger partial charge >= 0.3 is 0 Å². The highest BCUT2D eigenvalue weighted by atomic mass is 35.5. The van der Waals surface area contributed by atoms with Crippen molar-refractivity contribution >= 4 is 23.1 Å². The molecule has 2 aromatic rings. The van der Waals surface area contributed by atoms with Crippen LogP contribution in [0.15, 0.2) is 30.9 Å². The minimum Gasteiger partial charge on any atom is -0.490 e. The van der Waals surface area contributed by atoms with Crippen LogP contribution in [0.5, 0.6) is 5.75 Å². The Morgan fingerprint density at radius 3 is 3.00 bits per heavy atom. The Hall–Kier alpha value is -2.08. The Balaban J connectivity index is 1.85. The number of nitrogens with zero attached hydrogens (tertiary/aromatic N) is 3. The Morgan fingerprint density at radius 2 is 2.26 bits per heavy atom. The van der Waals surface area contributed by atoms with Gasteiger partial charge in [-0.15, -0.1) is 0 Å². The molecule has 100 valence electrons. The Kier molecular flexibility index (Phi) is 4.74. The molecule has 6 nitrogen and oxygen atoms in total. The molecule has 0 aromatic carbocycles. The molecule has 2 aromatic heterocycles. The van der Waals surface area contributed by atoms with Gasteiger partial charge in [-0.1, -0.05) is 11.6 Å². The van der Waals surface area contributed by atoms with E-state index in [2.05, 4.69) is 25.6 Å². The van der Waals surface area contributed by atoms with Crippen molar-refractivity contribution in [2.24, 2.45) is 0 Å². The summed E-state index contributed by atoms with van der Waals surface area (Å²) in [4.78, 5) is 12.0.